The lowest BCUT2D eigenvalue weighted by Gasteiger charge is -2.30. The second-order valence-electron chi connectivity index (χ2n) is 16.8. The van der Waals surface area contributed by atoms with Crippen LogP contribution in [0.3, 0.4) is 0 Å². The van der Waals surface area contributed by atoms with Crippen LogP contribution in [0.25, 0.3) is 115 Å². The standard InChI is InChI=1S/C58H35N/c1-58-49-28-12-18-36-19-13-29-51(53(36)49)59-52-33-48(40-27-11-17-35-15-3-5-21-38(35)40)42-23-7-9-25-44(42)55(52)46-31-30-45(56(58)57(46)59)54-43-24-8-6-22-41(43)47(32-50(54)58)39-26-10-16-34-14-2-4-20-37(34)39/h2-33H,1H3. The van der Waals surface area contributed by atoms with Crippen LogP contribution >= 0.6 is 0 Å². The number of hydrogen-bond acceptors (Lipinski definition) is 0. The van der Waals surface area contributed by atoms with Crippen molar-refractivity contribution >= 4 is 75.7 Å². The summed E-state index contributed by atoms with van der Waals surface area (Å²) in [7, 11) is 0. The van der Waals surface area contributed by atoms with E-state index in [1.165, 1.54) is 131 Å². The minimum atomic E-state index is -0.444. The lowest BCUT2D eigenvalue weighted by molar-refractivity contribution is 0.729. The van der Waals surface area contributed by atoms with E-state index in [0.29, 0.717) is 0 Å². The Balaban J connectivity index is 1.20. The highest BCUT2D eigenvalue weighted by Gasteiger charge is 2.47. The van der Waals surface area contributed by atoms with Crippen LogP contribution in [0.2, 0.25) is 0 Å². The molecule has 0 spiro atoms. The highest BCUT2D eigenvalue weighted by molar-refractivity contribution is 6.28. The third kappa shape index (κ3) is 3.86. The average Bonchev–Trinajstić information content (AvgIpc) is 3.73. The molecule has 0 radical (unpaired) electrons. The summed E-state index contributed by atoms with van der Waals surface area (Å²) in [6.45, 7) is 2.53. The monoisotopic (exact) mass is 745 g/mol. The molecule has 2 aliphatic rings. The fraction of sp³-hybridized carbons (Fsp3) is 0.0345. The number of nitrogens with zero attached hydrogens (tertiary/aromatic N) is 1. The topological polar surface area (TPSA) is 4.93 Å². The molecule has 0 bridgehead atoms. The van der Waals surface area contributed by atoms with Crippen LogP contribution in [0.15, 0.2) is 194 Å². The first-order valence-corrected chi connectivity index (χ1v) is 20.8. The third-order valence-electron chi connectivity index (χ3n) is 14.1. The van der Waals surface area contributed by atoms with Crippen molar-refractivity contribution in [1.82, 2.24) is 4.57 Å². The number of fused-ring (bicyclic) bond motifs is 14. The quantitative estimate of drug-likeness (QED) is 0.166. The van der Waals surface area contributed by atoms with Crippen LogP contribution in [0, 0.1) is 0 Å². The number of rotatable bonds is 2. The van der Waals surface area contributed by atoms with Gasteiger partial charge in [-0.3, -0.25) is 0 Å². The second kappa shape index (κ2) is 11.1. The second-order valence-corrected chi connectivity index (χ2v) is 16.8. The maximum Gasteiger partial charge on any atom is 0.0592 e. The van der Waals surface area contributed by atoms with Gasteiger partial charge in [-0.1, -0.05) is 176 Å². The van der Waals surface area contributed by atoms with Crippen molar-refractivity contribution in [1.29, 1.82) is 0 Å². The molecule has 12 aromatic rings. The molecule has 1 unspecified atom stereocenters. The van der Waals surface area contributed by atoms with E-state index in [4.69, 9.17) is 0 Å². The van der Waals surface area contributed by atoms with Crippen LogP contribution in [0.4, 0.5) is 0 Å². The van der Waals surface area contributed by atoms with Crippen molar-refractivity contribution in [2.24, 2.45) is 0 Å². The van der Waals surface area contributed by atoms with Crippen LogP contribution in [-0.2, 0) is 5.41 Å². The first-order chi connectivity index (χ1) is 29.2. The summed E-state index contributed by atoms with van der Waals surface area (Å²) in [5.74, 6) is 0. The van der Waals surface area contributed by atoms with Gasteiger partial charge in [0.2, 0.25) is 0 Å². The Morgan fingerprint density at radius 3 is 1.61 bits per heavy atom. The molecule has 59 heavy (non-hydrogen) atoms. The lowest BCUT2D eigenvalue weighted by Crippen LogP contribution is -2.23. The molecule has 0 saturated heterocycles. The molecule has 0 fully saturated rings. The van der Waals surface area contributed by atoms with Gasteiger partial charge in [-0.15, -0.1) is 0 Å². The molecule has 1 aromatic heterocycles. The zero-order valence-corrected chi connectivity index (χ0v) is 32.4. The Hall–Kier alpha value is -7.48. The van der Waals surface area contributed by atoms with Crippen LogP contribution in [0.1, 0.15) is 23.6 Å². The smallest absolute Gasteiger partial charge is 0.0592 e. The van der Waals surface area contributed by atoms with E-state index in [9.17, 15) is 0 Å². The molecular formula is C58H35N. The first kappa shape index (κ1) is 31.6. The Morgan fingerprint density at radius 1 is 0.356 bits per heavy atom. The van der Waals surface area contributed by atoms with E-state index in [-0.39, 0.29) is 0 Å². The number of hydrogen-bond donors (Lipinski definition) is 0. The summed E-state index contributed by atoms with van der Waals surface area (Å²) in [5, 5.41) is 15.5. The molecule has 2 heterocycles. The van der Waals surface area contributed by atoms with E-state index >= 15 is 0 Å². The fourth-order valence-corrected chi connectivity index (χ4v) is 11.7. The van der Waals surface area contributed by atoms with Gasteiger partial charge < -0.3 is 4.57 Å². The largest absolute Gasteiger partial charge is 0.308 e. The predicted molar refractivity (Wildman–Crippen MR) is 250 cm³/mol. The van der Waals surface area contributed by atoms with Crippen LogP contribution in [-0.4, -0.2) is 4.57 Å². The van der Waals surface area contributed by atoms with E-state index in [1.807, 2.05) is 0 Å². The van der Waals surface area contributed by atoms with Crippen LogP contribution in [0.5, 0.6) is 0 Å². The van der Waals surface area contributed by atoms with E-state index in [2.05, 4.69) is 206 Å². The van der Waals surface area contributed by atoms with E-state index < -0.39 is 5.41 Å². The highest BCUT2D eigenvalue weighted by Crippen LogP contribution is 2.62. The van der Waals surface area contributed by atoms with Gasteiger partial charge in [0.05, 0.1) is 16.7 Å². The van der Waals surface area contributed by atoms with Crippen molar-refractivity contribution in [3.8, 4) is 39.1 Å². The number of aromatic nitrogens is 1. The molecule has 14 rings (SSSR count). The van der Waals surface area contributed by atoms with Gasteiger partial charge in [-0.25, -0.2) is 0 Å². The Labute approximate surface area is 341 Å². The van der Waals surface area contributed by atoms with Crippen molar-refractivity contribution in [3.63, 3.8) is 0 Å². The van der Waals surface area contributed by atoms with Crippen molar-refractivity contribution < 1.29 is 0 Å². The van der Waals surface area contributed by atoms with Gasteiger partial charge in [-0.05, 0) is 124 Å². The minimum Gasteiger partial charge on any atom is -0.308 e. The average molecular weight is 746 g/mol. The van der Waals surface area contributed by atoms with Gasteiger partial charge in [0.1, 0.15) is 0 Å². The normalized spacial score (nSPS) is 15.3. The van der Waals surface area contributed by atoms with E-state index in [1.54, 1.807) is 0 Å². The molecule has 0 saturated carbocycles. The molecule has 0 amide bonds. The first-order valence-electron chi connectivity index (χ1n) is 20.8. The molecule has 0 N–H and O–H groups in total. The molecule has 272 valence electrons. The molecule has 1 aliphatic carbocycles. The summed E-state index contributed by atoms with van der Waals surface area (Å²) < 4.78 is 2.65. The molecule has 1 aliphatic heterocycles. The van der Waals surface area contributed by atoms with Gasteiger partial charge in [0.25, 0.3) is 0 Å². The molecular weight excluding hydrogens is 711 g/mol. The molecule has 11 aromatic carbocycles. The maximum atomic E-state index is 2.65. The van der Waals surface area contributed by atoms with Gasteiger partial charge in [-0.2, -0.15) is 0 Å². The van der Waals surface area contributed by atoms with Gasteiger partial charge in [0, 0.05) is 21.6 Å². The molecule has 1 atom stereocenters. The summed E-state index contributed by atoms with van der Waals surface area (Å²) in [4.78, 5) is 0. The Kier molecular flexibility index (Phi) is 5.96. The van der Waals surface area contributed by atoms with Gasteiger partial charge in [0.15, 0.2) is 0 Å². The summed E-state index contributed by atoms with van der Waals surface area (Å²) >= 11 is 0. The summed E-state index contributed by atoms with van der Waals surface area (Å²) in [6, 6.07) is 73.3. The fourth-order valence-electron chi connectivity index (χ4n) is 11.7. The number of benzene rings is 11. The van der Waals surface area contributed by atoms with Gasteiger partial charge >= 0.3 is 0 Å². The summed E-state index contributed by atoms with van der Waals surface area (Å²) in [6.07, 6.45) is 0. The zero-order valence-electron chi connectivity index (χ0n) is 32.4. The predicted octanol–water partition coefficient (Wildman–Crippen LogP) is 15.5. The van der Waals surface area contributed by atoms with Crippen LogP contribution < -0.4 is 0 Å². The minimum absolute atomic E-state index is 0.444. The Bertz CT molecular complexity index is 3850. The van der Waals surface area contributed by atoms with Crippen molar-refractivity contribution in [2.75, 3.05) is 0 Å². The lowest BCUT2D eigenvalue weighted by atomic mass is 9.71. The molecule has 1 nitrogen and oxygen atoms in total. The SMILES string of the molecule is CC12c3cc(-c4cccc5ccccc45)c4ccccc4c3-c3ccc4c5c6ccccc6c(-c6cccc7ccccc67)cc5n(c4c31)-c1cccc3cccc2c13. The zero-order chi connectivity index (χ0) is 38.6. The highest BCUT2D eigenvalue weighted by atomic mass is 15.0. The van der Waals surface area contributed by atoms with E-state index in [0.717, 1.165) is 0 Å². The third-order valence-corrected chi connectivity index (χ3v) is 14.1. The Morgan fingerprint density at radius 2 is 0.898 bits per heavy atom. The molecule has 1 heteroatoms. The van der Waals surface area contributed by atoms with Crippen molar-refractivity contribution in [3.05, 3.63) is 211 Å². The maximum absolute atomic E-state index is 2.65. The van der Waals surface area contributed by atoms with Crippen molar-refractivity contribution in [2.45, 2.75) is 12.3 Å². The summed E-state index contributed by atoms with van der Waals surface area (Å²) in [5.41, 5.74) is 15.3.